The van der Waals surface area contributed by atoms with E-state index in [9.17, 15) is 9.18 Å². The largest absolute Gasteiger partial charge is 0.493 e. The molecule has 2 bridgehead atoms. The van der Waals surface area contributed by atoms with Gasteiger partial charge in [0.05, 0.1) is 28.4 Å². The molecule has 0 spiro atoms. The van der Waals surface area contributed by atoms with E-state index in [1.54, 1.807) is 19.2 Å². The van der Waals surface area contributed by atoms with Crippen LogP contribution in [0, 0.1) is 5.82 Å². The average Bonchev–Trinajstić information content (AvgIpc) is 3.14. The maximum Gasteiger partial charge on any atom is 0.410 e. The van der Waals surface area contributed by atoms with E-state index >= 15 is 0 Å². The van der Waals surface area contributed by atoms with Gasteiger partial charge in [-0.1, -0.05) is 23.2 Å². The summed E-state index contributed by atoms with van der Waals surface area (Å²) in [6.45, 7) is 5.62. The van der Waals surface area contributed by atoms with Gasteiger partial charge >= 0.3 is 6.09 Å². The molecule has 3 heterocycles. The number of rotatable bonds is 5. The number of nitrogens with one attached hydrogen (secondary N) is 1. The van der Waals surface area contributed by atoms with Gasteiger partial charge in [0.25, 0.3) is 0 Å². The molecule has 2 aliphatic rings. The number of aromatic nitrogens is 2. The van der Waals surface area contributed by atoms with E-state index in [-0.39, 0.29) is 40.0 Å². The summed E-state index contributed by atoms with van der Waals surface area (Å²) in [7, 11) is 1.56. The number of hydrogen-bond donors (Lipinski definition) is 1. The van der Waals surface area contributed by atoms with E-state index in [0.29, 0.717) is 41.1 Å². The second-order valence-electron chi connectivity index (χ2n) is 10.6. The standard InChI is InChI=1S/C27H29Cl2FN4O4/c1-27(2,3)38-26(35)34-14-5-6-15(34)10-16(9-14)37-22-11-17-20(12-21(22)36-4)31-13-32-25(17)33-19-8-7-18(28)23(29)24(19)30/h7-8,11-16H,5-6,9-10H2,1-4H3,(H,31,32,33)/t14-,15+,16+. The first kappa shape index (κ1) is 26.6. The molecule has 1 amide bonds. The van der Waals surface area contributed by atoms with Gasteiger partial charge in [0.1, 0.15) is 23.9 Å². The minimum Gasteiger partial charge on any atom is -0.493 e. The predicted octanol–water partition coefficient (Wildman–Crippen LogP) is 7.14. The fourth-order valence-electron chi connectivity index (χ4n) is 5.18. The Balaban J connectivity index is 1.40. The lowest BCUT2D eigenvalue weighted by Crippen LogP contribution is -2.50. The number of fused-ring (bicyclic) bond motifs is 3. The smallest absolute Gasteiger partial charge is 0.410 e. The van der Waals surface area contributed by atoms with Crippen LogP contribution in [0.1, 0.15) is 46.5 Å². The first-order valence-corrected chi connectivity index (χ1v) is 13.2. The quantitative estimate of drug-likeness (QED) is 0.331. The van der Waals surface area contributed by atoms with Crippen LogP contribution >= 0.6 is 23.2 Å². The second kappa shape index (κ2) is 10.3. The molecule has 2 aliphatic heterocycles. The maximum absolute atomic E-state index is 14.7. The zero-order valence-electron chi connectivity index (χ0n) is 21.6. The molecule has 202 valence electrons. The van der Waals surface area contributed by atoms with Gasteiger partial charge in [-0.25, -0.2) is 19.2 Å². The van der Waals surface area contributed by atoms with Crippen LogP contribution in [0.15, 0.2) is 30.6 Å². The molecule has 5 rings (SSSR count). The molecule has 0 saturated carbocycles. The number of carbonyl (C=O) groups excluding carboxylic acids is 1. The predicted molar refractivity (Wildman–Crippen MR) is 144 cm³/mol. The van der Waals surface area contributed by atoms with Gasteiger partial charge in [-0.2, -0.15) is 0 Å². The summed E-state index contributed by atoms with van der Waals surface area (Å²) in [4.78, 5) is 23.3. The second-order valence-corrected chi connectivity index (χ2v) is 11.4. The van der Waals surface area contributed by atoms with Gasteiger partial charge in [0.15, 0.2) is 17.3 Å². The molecule has 2 saturated heterocycles. The summed E-state index contributed by atoms with van der Waals surface area (Å²) < 4.78 is 32.4. The summed E-state index contributed by atoms with van der Waals surface area (Å²) in [6, 6.07) is 6.65. The van der Waals surface area contributed by atoms with Crippen LogP contribution in [0.25, 0.3) is 10.9 Å². The first-order valence-electron chi connectivity index (χ1n) is 12.5. The number of halogens is 3. The maximum atomic E-state index is 14.7. The molecule has 3 aromatic rings. The lowest BCUT2D eigenvalue weighted by atomic mass is 10.00. The molecule has 11 heteroatoms. The number of ether oxygens (including phenoxy) is 3. The van der Waals surface area contributed by atoms with Gasteiger partial charge in [0.2, 0.25) is 0 Å². The summed E-state index contributed by atoms with van der Waals surface area (Å²) in [6.07, 6.45) is 4.18. The number of hydrogen-bond acceptors (Lipinski definition) is 7. The minimum absolute atomic E-state index is 0.0539. The average molecular weight is 563 g/mol. The molecule has 0 radical (unpaired) electrons. The van der Waals surface area contributed by atoms with Crippen LogP contribution in [0.4, 0.5) is 20.7 Å². The molecule has 2 fully saturated rings. The highest BCUT2D eigenvalue weighted by Gasteiger charge is 2.45. The molecule has 8 nitrogen and oxygen atoms in total. The van der Waals surface area contributed by atoms with Gasteiger partial charge in [-0.15, -0.1) is 0 Å². The third kappa shape index (κ3) is 5.27. The normalized spacial score (nSPS) is 20.9. The van der Waals surface area contributed by atoms with Crippen molar-refractivity contribution in [1.29, 1.82) is 0 Å². The van der Waals surface area contributed by atoms with Crippen molar-refractivity contribution < 1.29 is 23.4 Å². The number of methoxy groups -OCH3 is 1. The van der Waals surface area contributed by atoms with Crippen LogP contribution in [-0.4, -0.2) is 51.9 Å². The van der Waals surface area contributed by atoms with Crippen LogP contribution in [-0.2, 0) is 4.74 Å². The van der Waals surface area contributed by atoms with E-state index in [1.165, 1.54) is 18.5 Å². The fourth-order valence-corrected chi connectivity index (χ4v) is 5.49. The zero-order valence-corrected chi connectivity index (χ0v) is 23.1. The molecule has 0 aliphatic carbocycles. The van der Waals surface area contributed by atoms with Gasteiger partial charge in [-0.3, -0.25) is 0 Å². The third-order valence-electron chi connectivity index (χ3n) is 6.80. The van der Waals surface area contributed by atoms with Crippen molar-refractivity contribution in [1.82, 2.24) is 14.9 Å². The lowest BCUT2D eigenvalue weighted by molar-refractivity contribution is -0.00734. The van der Waals surface area contributed by atoms with Crippen molar-refractivity contribution in [3.8, 4) is 11.5 Å². The summed E-state index contributed by atoms with van der Waals surface area (Å²) in [5.74, 6) is 0.732. The van der Waals surface area contributed by atoms with Crippen LogP contribution in [0.5, 0.6) is 11.5 Å². The number of amides is 1. The summed E-state index contributed by atoms with van der Waals surface area (Å²) in [5.41, 5.74) is 0.173. The first-order chi connectivity index (χ1) is 18.0. The Labute approximate surface area is 230 Å². The van der Waals surface area contributed by atoms with E-state index in [4.69, 9.17) is 37.4 Å². The SMILES string of the molecule is COc1cc2ncnc(Nc3ccc(Cl)c(Cl)c3F)c2cc1O[C@H]1C[C@H]2CC[C@@H](C1)N2C(=O)OC(C)(C)C. The van der Waals surface area contributed by atoms with Crippen LogP contribution in [0.2, 0.25) is 10.0 Å². The van der Waals surface area contributed by atoms with Crippen molar-refractivity contribution >= 4 is 51.7 Å². The molecular weight excluding hydrogens is 534 g/mol. The fraction of sp³-hybridized carbons (Fsp3) is 0.444. The van der Waals surface area contributed by atoms with Crippen molar-refractivity contribution in [2.75, 3.05) is 12.4 Å². The van der Waals surface area contributed by atoms with Crippen molar-refractivity contribution in [3.63, 3.8) is 0 Å². The molecular formula is C27H29Cl2FN4O4. The summed E-state index contributed by atoms with van der Waals surface area (Å²) >= 11 is 11.9. The van der Waals surface area contributed by atoms with Gasteiger partial charge < -0.3 is 24.4 Å². The highest BCUT2D eigenvalue weighted by molar-refractivity contribution is 6.42. The number of benzene rings is 2. The number of anilines is 2. The van der Waals surface area contributed by atoms with Crippen molar-refractivity contribution in [3.05, 3.63) is 46.5 Å². The Kier molecular flexibility index (Phi) is 7.17. The lowest BCUT2D eigenvalue weighted by Gasteiger charge is -2.39. The molecule has 38 heavy (non-hydrogen) atoms. The van der Waals surface area contributed by atoms with Crippen molar-refractivity contribution in [2.24, 2.45) is 0 Å². The van der Waals surface area contributed by atoms with Crippen LogP contribution in [0.3, 0.4) is 0 Å². The molecule has 0 unspecified atom stereocenters. The minimum atomic E-state index is -0.678. The van der Waals surface area contributed by atoms with E-state index in [1.807, 2.05) is 25.7 Å². The Morgan fingerprint density at radius 2 is 1.82 bits per heavy atom. The Hall–Kier alpha value is -3.04. The Morgan fingerprint density at radius 1 is 1.11 bits per heavy atom. The molecule has 1 aromatic heterocycles. The van der Waals surface area contributed by atoms with E-state index in [0.717, 1.165) is 12.8 Å². The molecule has 3 atom stereocenters. The van der Waals surface area contributed by atoms with Crippen molar-refractivity contribution in [2.45, 2.75) is 70.2 Å². The number of nitrogens with zero attached hydrogens (tertiary/aromatic N) is 3. The van der Waals surface area contributed by atoms with Gasteiger partial charge in [-0.05, 0) is 51.8 Å². The van der Waals surface area contributed by atoms with Crippen LogP contribution < -0.4 is 14.8 Å². The third-order valence-corrected chi connectivity index (χ3v) is 7.58. The van der Waals surface area contributed by atoms with Gasteiger partial charge in [0, 0.05) is 36.4 Å². The topological polar surface area (TPSA) is 85.8 Å². The molecule has 1 N–H and O–H groups in total. The number of piperidine rings is 1. The van der Waals surface area contributed by atoms with E-state index in [2.05, 4.69) is 15.3 Å². The van der Waals surface area contributed by atoms with E-state index < -0.39 is 11.4 Å². The number of carbonyl (C=O) groups is 1. The Bertz CT molecular complexity index is 1370. The summed E-state index contributed by atoms with van der Waals surface area (Å²) in [5, 5.41) is 3.55. The Morgan fingerprint density at radius 3 is 2.47 bits per heavy atom. The zero-order chi connectivity index (χ0) is 27.2. The highest BCUT2D eigenvalue weighted by atomic mass is 35.5. The molecule has 2 aromatic carbocycles. The highest BCUT2D eigenvalue weighted by Crippen LogP contribution is 2.41. The monoisotopic (exact) mass is 562 g/mol.